The standard InChI is InChI=1S/C9H13IN2O/c1-2-5-12-6-3-4-7(8(12)10)9(11)13/h3-4,6,8H,2,5H2,1H3,(H2,11,13). The fraction of sp³-hybridized carbons (Fsp3) is 0.444. The number of nitrogens with zero attached hydrogens (tertiary/aromatic N) is 1. The first-order chi connectivity index (χ1) is 6.16. The van der Waals surface area contributed by atoms with Crippen molar-refractivity contribution in [3.63, 3.8) is 0 Å². The summed E-state index contributed by atoms with van der Waals surface area (Å²) in [5, 5.41) is 0. The van der Waals surface area contributed by atoms with Gasteiger partial charge in [-0.1, -0.05) is 29.5 Å². The number of rotatable bonds is 3. The minimum absolute atomic E-state index is 0.0834. The fourth-order valence-electron chi connectivity index (χ4n) is 1.24. The van der Waals surface area contributed by atoms with E-state index < -0.39 is 0 Å². The van der Waals surface area contributed by atoms with Gasteiger partial charge in [0.1, 0.15) is 4.05 Å². The summed E-state index contributed by atoms with van der Waals surface area (Å²) in [5.41, 5.74) is 5.92. The maximum absolute atomic E-state index is 11.0. The molecule has 0 saturated carbocycles. The average Bonchev–Trinajstić information content (AvgIpc) is 2.08. The second kappa shape index (κ2) is 4.64. The first kappa shape index (κ1) is 10.6. The Labute approximate surface area is 91.8 Å². The van der Waals surface area contributed by atoms with Crippen LogP contribution in [0.3, 0.4) is 0 Å². The van der Waals surface area contributed by atoms with Crippen LogP contribution in [-0.4, -0.2) is 21.4 Å². The number of nitrogens with two attached hydrogens (primary N) is 1. The third-order valence-electron chi connectivity index (χ3n) is 1.87. The lowest BCUT2D eigenvalue weighted by Gasteiger charge is -2.28. The van der Waals surface area contributed by atoms with Crippen LogP contribution in [0.5, 0.6) is 0 Å². The van der Waals surface area contributed by atoms with Gasteiger partial charge in [-0.15, -0.1) is 0 Å². The van der Waals surface area contributed by atoms with Crippen LogP contribution in [0.25, 0.3) is 0 Å². The zero-order valence-corrected chi connectivity index (χ0v) is 9.69. The molecule has 2 N–H and O–H groups in total. The number of primary amides is 1. The summed E-state index contributed by atoms with van der Waals surface area (Å²) in [5.74, 6) is -0.329. The van der Waals surface area contributed by atoms with E-state index in [2.05, 4.69) is 34.4 Å². The van der Waals surface area contributed by atoms with Gasteiger partial charge in [-0.2, -0.15) is 0 Å². The molecule has 1 aliphatic heterocycles. The molecule has 0 aliphatic carbocycles. The lowest BCUT2D eigenvalue weighted by molar-refractivity contribution is -0.114. The predicted octanol–water partition coefficient (Wildman–Crippen LogP) is 1.40. The van der Waals surface area contributed by atoms with Gasteiger partial charge in [-0.3, -0.25) is 4.79 Å². The third-order valence-corrected chi connectivity index (χ3v) is 3.25. The van der Waals surface area contributed by atoms with Gasteiger partial charge in [0.2, 0.25) is 5.91 Å². The van der Waals surface area contributed by atoms with Crippen molar-refractivity contribution in [1.29, 1.82) is 0 Å². The van der Waals surface area contributed by atoms with E-state index in [1.54, 1.807) is 6.08 Å². The Bertz CT molecular complexity index is 260. The van der Waals surface area contributed by atoms with Crippen LogP contribution in [0.2, 0.25) is 0 Å². The molecule has 1 aliphatic rings. The molecule has 0 aromatic heterocycles. The van der Waals surface area contributed by atoms with Crippen molar-refractivity contribution >= 4 is 28.5 Å². The van der Waals surface area contributed by atoms with Crippen molar-refractivity contribution in [2.24, 2.45) is 5.73 Å². The van der Waals surface area contributed by atoms with Crippen LogP contribution in [0.4, 0.5) is 0 Å². The topological polar surface area (TPSA) is 46.3 Å². The highest BCUT2D eigenvalue weighted by Gasteiger charge is 2.21. The molecule has 13 heavy (non-hydrogen) atoms. The van der Waals surface area contributed by atoms with Crippen LogP contribution in [0, 0.1) is 0 Å². The smallest absolute Gasteiger partial charge is 0.247 e. The quantitative estimate of drug-likeness (QED) is 0.485. The first-order valence-corrected chi connectivity index (χ1v) is 5.49. The van der Waals surface area contributed by atoms with E-state index in [0.29, 0.717) is 5.57 Å². The van der Waals surface area contributed by atoms with Crippen LogP contribution < -0.4 is 5.73 Å². The largest absolute Gasteiger partial charge is 0.366 e. The van der Waals surface area contributed by atoms with Crippen LogP contribution >= 0.6 is 22.6 Å². The van der Waals surface area contributed by atoms with Crippen LogP contribution in [0.15, 0.2) is 23.9 Å². The van der Waals surface area contributed by atoms with Crippen molar-refractivity contribution in [3.05, 3.63) is 23.9 Å². The normalized spacial score (nSPS) is 21.5. The maximum atomic E-state index is 11.0. The molecule has 3 nitrogen and oxygen atoms in total. The van der Waals surface area contributed by atoms with E-state index in [1.807, 2.05) is 12.3 Å². The summed E-state index contributed by atoms with van der Waals surface area (Å²) >= 11 is 2.22. The number of halogens is 1. The molecule has 0 radical (unpaired) electrons. The molecule has 0 bridgehead atoms. The highest BCUT2D eigenvalue weighted by Crippen LogP contribution is 2.22. The zero-order chi connectivity index (χ0) is 9.84. The van der Waals surface area contributed by atoms with Gasteiger partial charge in [0, 0.05) is 18.3 Å². The van der Waals surface area contributed by atoms with Crippen molar-refractivity contribution in [2.45, 2.75) is 17.4 Å². The molecular weight excluding hydrogens is 279 g/mol. The molecule has 4 heteroatoms. The summed E-state index contributed by atoms with van der Waals surface area (Å²) in [7, 11) is 0. The maximum Gasteiger partial charge on any atom is 0.247 e. The summed E-state index contributed by atoms with van der Waals surface area (Å²) < 4.78 is 0.0834. The number of amides is 1. The van der Waals surface area contributed by atoms with Gasteiger partial charge >= 0.3 is 0 Å². The Balaban J connectivity index is 2.74. The van der Waals surface area contributed by atoms with Crippen LogP contribution in [-0.2, 0) is 4.79 Å². The second-order valence-corrected chi connectivity index (χ2v) is 4.08. The average molecular weight is 292 g/mol. The molecule has 0 fully saturated rings. The predicted molar refractivity (Wildman–Crippen MR) is 61.2 cm³/mol. The summed E-state index contributed by atoms with van der Waals surface area (Å²) in [6.07, 6.45) is 6.71. The molecule has 0 aromatic rings. The Morgan fingerprint density at radius 1 is 1.77 bits per heavy atom. The summed E-state index contributed by atoms with van der Waals surface area (Å²) in [6.45, 7) is 3.06. The fourth-order valence-corrected chi connectivity index (χ4v) is 2.22. The molecular formula is C9H13IN2O. The Kier molecular flexibility index (Phi) is 3.77. The van der Waals surface area contributed by atoms with Gasteiger partial charge in [-0.05, 0) is 18.6 Å². The monoisotopic (exact) mass is 292 g/mol. The molecule has 1 atom stereocenters. The molecule has 1 rings (SSSR count). The molecule has 0 saturated heterocycles. The van der Waals surface area contributed by atoms with Crippen molar-refractivity contribution in [2.75, 3.05) is 6.54 Å². The van der Waals surface area contributed by atoms with Crippen molar-refractivity contribution in [3.8, 4) is 0 Å². The Morgan fingerprint density at radius 2 is 2.46 bits per heavy atom. The number of carbonyl (C=O) groups excluding carboxylic acids is 1. The minimum Gasteiger partial charge on any atom is -0.366 e. The summed E-state index contributed by atoms with van der Waals surface area (Å²) in [4.78, 5) is 13.1. The number of hydrogen-bond acceptors (Lipinski definition) is 2. The first-order valence-electron chi connectivity index (χ1n) is 4.24. The van der Waals surface area contributed by atoms with Gasteiger partial charge in [0.15, 0.2) is 0 Å². The number of carbonyl (C=O) groups is 1. The van der Waals surface area contributed by atoms with Crippen molar-refractivity contribution in [1.82, 2.24) is 4.90 Å². The van der Waals surface area contributed by atoms with Gasteiger partial charge in [0.25, 0.3) is 0 Å². The van der Waals surface area contributed by atoms with Gasteiger partial charge in [0.05, 0.1) is 0 Å². The van der Waals surface area contributed by atoms with Crippen LogP contribution in [0.1, 0.15) is 13.3 Å². The van der Waals surface area contributed by atoms with E-state index in [0.717, 1.165) is 13.0 Å². The number of alkyl halides is 1. The molecule has 1 unspecified atom stereocenters. The molecule has 0 aromatic carbocycles. The minimum atomic E-state index is -0.329. The lowest BCUT2D eigenvalue weighted by Crippen LogP contribution is -2.34. The Morgan fingerprint density at radius 3 is 3.00 bits per heavy atom. The van der Waals surface area contributed by atoms with E-state index in [4.69, 9.17) is 5.73 Å². The third kappa shape index (κ3) is 2.46. The Hall–Kier alpha value is -0.520. The molecule has 0 spiro atoms. The number of allylic oxidation sites excluding steroid dienone is 2. The van der Waals surface area contributed by atoms with E-state index in [9.17, 15) is 4.79 Å². The van der Waals surface area contributed by atoms with E-state index >= 15 is 0 Å². The van der Waals surface area contributed by atoms with Gasteiger partial charge < -0.3 is 10.6 Å². The summed E-state index contributed by atoms with van der Waals surface area (Å²) in [6, 6.07) is 0. The highest BCUT2D eigenvalue weighted by atomic mass is 127. The SMILES string of the molecule is CCCN1C=CC=C(C(N)=O)C1I. The van der Waals surface area contributed by atoms with Crippen molar-refractivity contribution < 1.29 is 4.79 Å². The molecule has 1 heterocycles. The molecule has 1 amide bonds. The number of hydrogen-bond donors (Lipinski definition) is 1. The lowest BCUT2D eigenvalue weighted by atomic mass is 10.1. The molecule has 72 valence electrons. The zero-order valence-electron chi connectivity index (χ0n) is 7.53. The second-order valence-electron chi connectivity index (χ2n) is 2.90. The van der Waals surface area contributed by atoms with E-state index in [1.165, 1.54) is 0 Å². The van der Waals surface area contributed by atoms with Gasteiger partial charge in [-0.25, -0.2) is 0 Å². The highest BCUT2D eigenvalue weighted by molar-refractivity contribution is 14.1. The van der Waals surface area contributed by atoms with E-state index in [-0.39, 0.29) is 9.96 Å².